The molecule has 2 unspecified atom stereocenters. The lowest BCUT2D eigenvalue weighted by Gasteiger charge is -2.34. The summed E-state index contributed by atoms with van der Waals surface area (Å²) in [6.07, 6.45) is 1.77. The molecule has 0 spiro atoms. The first-order valence-corrected chi connectivity index (χ1v) is 11.2. The van der Waals surface area contributed by atoms with Gasteiger partial charge in [0.1, 0.15) is 5.82 Å². The van der Waals surface area contributed by atoms with Crippen LogP contribution in [0.3, 0.4) is 0 Å². The zero-order chi connectivity index (χ0) is 24.1. The number of ether oxygens (including phenoxy) is 1. The number of benzene rings is 2. The number of halogens is 1. The Labute approximate surface area is 197 Å². The number of amides is 1. The quantitative estimate of drug-likeness (QED) is 0.532. The molecule has 1 N–H and O–H groups in total. The smallest absolute Gasteiger partial charge is 0.337 e. The predicted octanol–water partition coefficient (Wildman–Crippen LogP) is 3.55. The third kappa shape index (κ3) is 5.48. The highest BCUT2D eigenvalue weighted by atomic mass is 19.1. The summed E-state index contributed by atoms with van der Waals surface area (Å²) in [4.78, 5) is 30.9. The van der Waals surface area contributed by atoms with Crippen LogP contribution in [0.1, 0.15) is 47.5 Å². The molecule has 0 saturated carbocycles. The van der Waals surface area contributed by atoms with E-state index in [0.717, 1.165) is 24.9 Å². The third-order valence-corrected chi connectivity index (χ3v) is 6.10. The SMILES string of the molecule is COC(=O)c1ccc(CNC(=O)C(C)N2CCCC(c3nc(-c4cccc(F)c4)no3)C2)cc1. The van der Waals surface area contributed by atoms with Gasteiger partial charge in [-0.2, -0.15) is 4.98 Å². The Hall–Kier alpha value is -3.59. The monoisotopic (exact) mass is 466 g/mol. The maximum atomic E-state index is 13.5. The number of likely N-dealkylation sites (tertiary alicyclic amines) is 1. The van der Waals surface area contributed by atoms with E-state index in [2.05, 4.69) is 20.4 Å². The van der Waals surface area contributed by atoms with Crippen molar-refractivity contribution in [3.63, 3.8) is 0 Å². The summed E-state index contributed by atoms with van der Waals surface area (Å²) < 4.78 is 23.7. The fraction of sp³-hybridized carbons (Fsp3) is 0.360. The van der Waals surface area contributed by atoms with Gasteiger partial charge in [0.15, 0.2) is 0 Å². The minimum atomic E-state index is -0.395. The van der Waals surface area contributed by atoms with E-state index in [0.29, 0.717) is 35.9 Å². The molecule has 1 aromatic heterocycles. The van der Waals surface area contributed by atoms with Crippen LogP contribution < -0.4 is 5.32 Å². The Morgan fingerprint density at radius 3 is 2.79 bits per heavy atom. The van der Waals surface area contributed by atoms with Gasteiger partial charge in [-0.1, -0.05) is 29.4 Å². The highest BCUT2D eigenvalue weighted by molar-refractivity contribution is 5.89. The van der Waals surface area contributed by atoms with Crippen molar-refractivity contribution < 1.29 is 23.2 Å². The van der Waals surface area contributed by atoms with Gasteiger partial charge in [-0.25, -0.2) is 9.18 Å². The molecule has 1 fully saturated rings. The van der Waals surface area contributed by atoms with Crippen molar-refractivity contribution in [3.8, 4) is 11.4 Å². The number of nitrogens with one attached hydrogen (secondary N) is 1. The number of esters is 1. The Morgan fingerprint density at radius 2 is 2.06 bits per heavy atom. The van der Waals surface area contributed by atoms with E-state index in [1.54, 1.807) is 36.4 Å². The van der Waals surface area contributed by atoms with Gasteiger partial charge in [-0.15, -0.1) is 0 Å². The average Bonchev–Trinajstić information content (AvgIpc) is 3.37. The largest absolute Gasteiger partial charge is 0.465 e. The second-order valence-electron chi connectivity index (χ2n) is 8.38. The first-order valence-electron chi connectivity index (χ1n) is 11.2. The molecule has 1 saturated heterocycles. The van der Waals surface area contributed by atoms with Crippen molar-refractivity contribution in [3.05, 3.63) is 71.4 Å². The van der Waals surface area contributed by atoms with Gasteiger partial charge >= 0.3 is 5.97 Å². The molecule has 0 bridgehead atoms. The van der Waals surface area contributed by atoms with E-state index < -0.39 is 5.97 Å². The summed E-state index contributed by atoms with van der Waals surface area (Å²) in [5, 5.41) is 6.97. The van der Waals surface area contributed by atoms with E-state index >= 15 is 0 Å². The second-order valence-corrected chi connectivity index (χ2v) is 8.38. The highest BCUT2D eigenvalue weighted by Crippen LogP contribution is 2.28. The molecule has 1 aliphatic heterocycles. The molecular weight excluding hydrogens is 439 g/mol. The summed E-state index contributed by atoms with van der Waals surface area (Å²) in [5.41, 5.74) is 1.92. The van der Waals surface area contributed by atoms with Crippen molar-refractivity contribution in [1.29, 1.82) is 0 Å². The zero-order valence-corrected chi connectivity index (χ0v) is 19.2. The summed E-state index contributed by atoms with van der Waals surface area (Å²) in [7, 11) is 1.34. The minimum absolute atomic E-state index is 0.00433. The summed E-state index contributed by atoms with van der Waals surface area (Å²) >= 11 is 0. The van der Waals surface area contributed by atoms with Crippen LogP contribution in [0.4, 0.5) is 4.39 Å². The highest BCUT2D eigenvalue weighted by Gasteiger charge is 2.31. The first-order chi connectivity index (χ1) is 16.4. The van der Waals surface area contributed by atoms with Crippen molar-refractivity contribution in [2.45, 2.75) is 38.3 Å². The van der Waals surface area contributed by atoms with Crippen molar-refractivity contribution in [1.82, 2.24) is 20.4 Å². The molecule has 2 atom stereocenters. The molecule has 0 aliphatic carbocycles. The van der Waals surface area contributed by atoms with Gasteiger partial charge in [0, 0.05) is 18.7 Å². The van der Waals surface area contributed by atoms with Crippen LogP contribution in [0, 0.1) is 5.82 Å². The standard InChI is InChI=1S/C25H27FN4O4/c1-16(23(31)27-14-17-8-10-18(11-9-17)25(32)33-2)30-12-4-6-20(15-30)24-28-22(29-34-24)19-5-3-7-21(26)13-19/h3,5,7-11,13,16,20H,4,6,12,14-15H2,1-2H3,(H,27,31). The van der Waals surface area contributed by atoms with Gasteiger partial charge in [0.05, 0.1) is 24.6 Å². The van der Waals surface area contributed by atoms with Gasteiger partial charge in [0.25, 0.3) is 0 Å². The zero-order valence-electron chi connectivity index (χ0n) is 19.2. The van der Waals surface area contributed by atoms with Crippen LogP contribution in [-0.4, -0.2) is 53.2 Å². The molecule has 3 aromatic rings. The lowest BCUT2D eigenvalue weighted by atomic mass is 9.96. The van der Waals surface area contributed by atoms with E-state index in [1.165, 1.54) is 19.2 Å². The topological polar surface area (TPSA) is 97.6 Å². The summed E-state index contributed by atoms with van der Waals surface area (Å²) in [5.74, 6) is 0.0337. The van der Waals surface area contributed by atoms with Crippen LogP contribution in [0.2, 0.25) is 0 Å². The fourth-order valence-electron chi connectivity index (χ4n) is 4.08. The Kier molecular flexibility index (Phi) is 7.32. The Bertz CT molecular complexity index is 1150. The van der Waals surface area contributed by atoms with Crippen molar-refractivity contribution in [2.75, 3.05) is 20.2 Å². The van der Waals surface area contributed by atoms with Crippen molar-refractivity contribution >= 4 is 11.9 Å². The number of piperidine rings is 1. The maximum Gasteiger partial charge on any atom is 0.337 e. The van der Waals surface area contributed by atoms with Crippen LogP contribution in [0.15, 0.2) is 53.1 Å². The molecule has 1 aliphatic rings. The number of hydrogen-bond donors (Lipinski definition) is 1. The second kappa shape index (κ2) is 10.6. The molecule has 2 aromatic carbocycles. The Morgan fingerprint density at radius 1 is 1.26 bits per heavy atom. The van der Waals surface area contributed by atoms with E-state index in [-0.39, 0.29) is 23.7 Å². The summed E-state index contributed by atoms with van der Waals surface area (Å²) in [6, 6.07) is 12.7. The number of aromatic nitrogens is 2. The maximum absolute atomic E-state index is 13.5. The molecule has 8 nitrogen and oxygen atoms in total. The van der Waals surface area contributed by atoms with Crippen LogP contribution >= 0.6 is 0 Å². The van der Waals surface area contributed by atoms with E-state index in [9.17, 15) is 14.0 Å². The van der Waals surface area contributed by atoms with Crippen molar-refractivity contribution in [2.24, 2.45) is 0 Å². The van der Waals surface area contributed by atoms with Crippen LogP contribution in [-0.2, 0) is 16.1 Å². The summed E-state index contributed by atoms with van der Waals surface area (Å²) in [6.45, 7) is 3.66. The molecule has 34 heavy (non-hydrogen) atoms. The van der Waals surface area contributed by atoms with Gasteiger partial charge in [-0.05, 0) is 56.1 Å². The fourth-order valence-corrected chi connectivity index (χ4v) is 4.08. The molecule has 178 valence electrons. The number of carbonyl (C=O) groups excluding carboxylic acids is 2. The molecule has 9 heteroatoms. The lowest BCUT2D eigenvalue weighted by Crippen LogP contribution is -2.48. The molecular formula is C25H27FN4O4. The lowest BCUT2D eigenvalue weighted by molar-refractivity contribution is -0.126. The van der Waals surface area contributed by atoms with Crippen LogP contribution in [0.25, 0.3) is 11.4 Å². The average molecular weight is 467 g/mol. The molecule has 1 amide bonds. The molecule has 2 heterocycles. The number of methoxy groups -OCH3 is 1. The van der Waals surface area contributed by atoms with Gasteiger partial charge in [-0.3, -0.25) is 9.69 Å². The number of nitrogens with zero attached hydrogens (tertiary/aromatic N) is 3. The number of carbonyl (C=O) groups is 2. The predicted molar refractivity (Wildman–Crippen MR) is 122 cm³/mol. The van der Waals surface area contributed by atoms with Gasteiger partial charge in [0.2, 0.25) is 17.6 Å². The van der Waals surface area contributed by atoms with Gasteiger partial charge < -0.3 is 14.6 Å². The molecule has 4 rings (SSSR count). The van der Waals surface area contributed by atoms with E-state index in [1.807, 2.05) is 6.92 Å². The first kappa shape index (κ1) is 23.6. The minimum Gasteiger partial charge on any atom is -0.465 e. The third-order valence-electron chi connectivity index (χ3n) is 6.10. The number of hydrogen-bond acceptors (Lipinski definition) is 7. The molecule has 0 radical (unpaired) electrons. The normalized spacial score (nSPS) is 17.2. The van der Waals surface area contributed by atoms with E-state index in [4.69, 9.17) is 9.26 Å². The number of rotatable bonds is 7. The Balaban J connectivity index is 1.33. The van der Waals surface area contributed by atoms with Crippen LogP contribution in [0.5, 0.6) is 0 Å².